The van der Waals surface area contributed by atoms with Crippen LogP contribution in [0.25, 0.3) is 0 Å². The van der Waals surface area contributed by atoms with Crippen LogP contribution >= 0.6 is 23.4 Å². The van der Waals surface area contributed by atoms with Crippen LogP contribution in [0.3, 0.4) is 0 Å². The maximum absolute atomic E-state index is 12.1. The zero-order valence-electron chi connectivity index (χ0n) is 13.2. The van der Waals surface area contributed by atoms with Crippen LogP contribution in [0.1, 0.15) is 12.5 Å². The number of ether oxygens (including phenoxy) is 1. The fraction of sp³-hybridized carbons (Fsp3) is 0.278. The third-order valence-electron chi connectivity index (χ3n) is 3.19. The van der Waals surface area contributed by atoms with Gasteiger partial charge in [0.25, 0.3) is 0 Å². The molecule has 5 heteroatoms. The summed E-state index contributed by atoms with van der Waals surface area (Å²) in [4.78, 5) is 13.1. The van der Waals surface area contributed by atoms with Gasteiger partial charge >= 0.3 is 0 Å². The molecule has 1 amide bonds. The average Bonchev–Trinajstić information content (AvgIpc) is 2.55. The molecule has 0 spiro atoms. The molecule has 0 saturated heterocycles. The predicted octanol–water partition coefficient (Wildman–Crippen LogP) is 4.32. The Hall–Kier alpha value is -1.65. The van der Waals surface area contributed by atoms with Crippen LogP contribution in [0, 0.1) is 6.92 Å². The highest BCUT2D eigenvalue weighted by Crippen LogP contribution is 2.24. The first-order chi connectivity index (χ1) is 11.0. The van der Waals surface area contributed by atoms with Crippen molar-refractivity contribution >= 4 is 29.3 Å². The minimum atomic E-state index is -0.171. The Kier molecular flexibility index (Phi) is 6.81. The molecule has 0 radical (unpaired) electrons. The van der Waals surface area contributed by atoms with Gasteiger partial charge in [0.1, 0.15) is 12.4 Å². The highest BCUT2D eigenvalue weighted by atomic mass is 35.5. The van der Waals surface area contributed by atoms with Crippen LogP contribution in [0.15, 0.2) is 53.4 Å². The summed E-state index contributed by atoms with van der Waals surface area (Å²) < 4.78 is 5.59. The van der Waals surface area contributed by atoms with Gasteiger partial charge in [-0.3, -0.25) is 4.79 Å². The zero-order valence-corrected chi connectivity index (χ0v) is 14.8. The number of benzene rings is 2. The van der Waals surface area contributed by atoms with Crippen LogP contribution in [0.2, 0.25) is 5.02 Å². The van der Waals surface area contributed by atoms with Crippen molar-refractivity contribution in [3.05, 3.63) is 59.1 Å². The van der Waals surface area contributed by atoms with Crippen molar-refractivity contribution in [2.45, 2.75) is 24.0 Å². The molecule has 0 heterocycles. The molecular weight excluding hydrogens is 330 g/mol. The van der Waals surface area contributed by atoms with Crippen molar-refractivity contribution in [3.63, 3.8) is 0 Å². The molecule has 122 valence electrons. The second-order valence-corrected chi connectivity index (χ2v) is 7.02. The lowest BCUT2D eigenvalue weighted by Gasteiger charge is -2.12. The second-order valence-electron chi connectivity index (χ2n) is 5.17. The van der Waals surface area contributed by atoms with E-state index in [4.69, 9.17) is 16.3 Å². The van der Waals surface area contributed by atoms with Gasteiger partial charge in [0.2, 0.25) is 5.91 Å². The van der Waals surface area contributed by atoms with Crippen molar-refractivity contribution in [2.75, 3.05) is 13.2 Å². The molecule has 3 nitrogen and oxygen atoms in total. The van der Waals surface area contributed by atoms with Gasteiger partial charge in [0.15, 0.2) is 0 Å². The molecular formula is C18H20ClNO2S. The standard InChI is InChI=1S/C18H20ClNO2S/c1-13-3-7-16(8-4-13)22-12-11-20-18(21)14(2)23-17-9-5-15(19)6-10-17/h3-10,14H,11-12H2,1-2H3,(H,20,21)/t14-/m1/s1. The molecule has 0 aliphatic heterocycles. The van der Waals surface area contributed by atoms with E-state index in [9.17, 15) is 4.79 Å². The second kappa shape index (κ2) is 8.85. The smallest absolute Gasteiger partial charge is 0.233 e. The number of nitrogens with one attached hydrogen (secondary N) is 1. The highest BCUT2D eigenvalue weighted by molar-refractivity contribution is 8.00. The monoisotopic (exact) mass is 349 g/mol. The first-order valence-electron chi connectivity index (χ1n) is 7.44. The minimum Gasteiger partial charge on any atom is -0.492 e. The van der Waals surface area contributed by atoms with Gasteiger partial charge in [-0.1, -0.05) is 29.3 Å². The van der Waals surface area contributed by atoms with Gasteiger partial charge in [0, 0.05) is 9.92 Å². The fourth-order valence-electron chi connectivity index (χ4n) is 1.89. The number of carbonyl (C=O) groups excluding carboxylic acids is 1. The molecule has 0 unspecified atom stereocenters. The molecule has 0 bridgehead atoms. The first-order valence-corrected chi connectivity index (χ1v) is 8.70. The van der Waals surface area contributed by atoms with Gasteiger partial charge < -0.3 is 10.1 Å². The number of halogens is 1. The largest absolute Gasteiger partial charge is 0.492 e. The number of hydrogen-bond donors (Lipinski definition) is 1. The van der Waals surface area contributed by atoms with Crippen LogP contribution in [-0.2, 0) is 4.79 Å². The minimum absolute atomic E-state index is 0.00236. The molecule has 23 heavy (non-hydrogen) atoms. The van der Waals surface area contributed by atoms with Crippen LogP contribution in [0.5, 0.6) is 5.75 Å². The first kappa shape index (κ1) is 17.7. The van der Waals surface area contributed by atoms with Crippen LogP contribution in [0.4, 0.5) is 0 Å². The van der Waals surface area contributed by atoms with Crippen molar-refractivity contribution in [1.29, 1.82) is 0 Å². The summed E-state index contributed by atoms with van der Waals surface area (Å²) in [5, 5.41) is 3.41. The summed E-state index contributed by atoms with van der Waals surface area (Å²) in [7, 11) is 0. The third-order valence-corrected chi connectivity index (χ3v) is 4.55. The van der Waals surface area contributed by atoms with E-state index < -0.39 is 0 Å². The lowest BCUT2D eigenvalue weighted by Crippen LogP contribution is -2.33. The van der Waals surface area contributed by atoms with Gasteiger partial charge in [-0.25, -0.2) is 0 Å². The Morgan fingerprint density at radius 3 is 2.48 bits per heavy atom. The molecule has 1 atom stereocenters. The van der Waals surface area contributed by atoms with Gasteiger partial charge in [-0.15, -0.1) is 11.8 Å². The number of rotatable bonds is 7. The Balaban J connectivity index is 1.69. The Morgan fingerprint density at radius 2 is 1.83 bits per heavy atom. The van der Waals surface area contributed by atoms with Crippen molar-refractivity contribution in [3.8, 4) is 5.75 Å². The summed E-state index contributed by atoms with van der Waals surface area (Å²) in [6, 6.07) is 15.3. The summed E-state index contributed by atoms with van der Waals surface area (Å²) in [6.45, 7) is 4.85. The molecule has 0 aliphatic rings. The predicted molar refractivity (Wildman–Crippen MR) is 96.5 cm³/mol. The van der Waals surface area contributed by atoms with E-state index in [0.717, 1.165) is 10.6 Å². The normalized spacial score (nSPS) is 11.8. The summed E-state index contributed by atoms with van der Waals surface area (Å²) >= 11 is 7.36. The molecule has 2 aromatic rings. The number of aryl methyl sites for hydroxylation is 1. The topological polar surface area (TPSA) is 38.3 Å². The molecule has 2 aromatic carbocycles. The zero-order chi connectivity index (χ0) is 16.7. The lowest BCUT2D eigenvalue weighted by atomic mass is 10.2. The lowest BCUT2D eigenvalue weighted by molar-refractivity contribution is -0.120. The number of thioether (sulfide) groups is 1. The van der Waals surface area contributed by atoms with Crippen molar-refractivity contribution in [2.24, 2.45) is 0 Å². The van der Waals surface area contributed by atoms with E-state index in [2.05, 4.69) is 5.32 Å². The summed E-state index contributed by atoms with van der Waals surface area (Å²) in [5.74, 6) is 0.811. The Morgan fingerprint density at radius 1 is 1.17 bits per heavy atom. The number of hydrogen-bond acceptors (Lipinski definition) is 3. The van der Waals surface area contributed by atoms with Crippen LogP contribution in [-0.4, -0.2) is 24.3 Å². The van der Waals surface area contributed by atoms with E-state index >= 15 is 0 Å². The van der Waals surface area contributed by atoms with E-state index in [0.29, 0.717) is 18.2 Å². The van der Waals surface area contributed by atoms with E-state index in [-0.39, 0.29) is 11.2 Å². The quantitative estimate of drug-likeness (QED) is 0.597. The molecule has 1 N–H and O–H groups in total. The molecule has 0 fully saturated rings. The molecule has 2 rings (SSSR count). The molecule has 0 aromatic heterocycles. The Bertz CT molecular complexity index is 628. The van der Waals surface area contributed by atoms with E-state index in [1.165, 1.54) is 17.3 Å². The molecule has 0 aliphatic carbocycles. The fourth-order valence-corrected chi connectivity index (χ4v) is 2.91. The van der Waals surface area contributed by atoms with Crippen LogP contribution < -0.4 is 10.1 Å². The SMILES string of the molecule is Cc1ccc(OCCNC(=O)[C@@H](C)Sc2ccc(Cl)cc2)cc1. The van der Waals surface area contributed by atoms with E-state index in [1.54, 1.807) is 0 Å². The summed E-state index contributed by atoms with van der Waals surface area (Å²) in [6.07, 6.45) is 0. The van der Waals surface area contributed by atoms with Gasteiger partial charge in [-0.05, 0) is 50.2 Å². The maximum Gasteiger partial charge on any atom is 0.233 e. The average molecular weight is 350 g/mol. The Labute approximate surface area is 146 Å². The maximum atomic E-state index is 12.1. The van der Waals surface area contributed by atoms with Gasteiger partial charge in [-0.2, -0.15) is 0 Å². The highest BCUT2D eigenvalue weighted by Gasteiger charge is 2.13. The number of carbonyl (C=O) groups is 1. The summed E-state index contributed by atoms with van der Waals surface area (Å²) in [5.41, 5.74) is 1.19. The van der Waals surface area contributed by atoms with Gasteiger partial charge in [0.05, 0.1) is 11.8 Å². The van der Waals surface area contributed by atoms with Crippen molar-refractivity contribution in [1.82, 2.24) is 5.32 Å². The number of amides is 1. The molecule has 0 saturated carbocycles. The third kappa shape index (κ3) is 6.16. The van der Waals surface area contributed by atoms with E-state index in [1.807, 2.05) is 62.4 Å². The van der Waals surface area contributed by atoms with Crippen molar-refractivity contribution < 1.29 is 9.53 Å².